The molecule has 2 atom stereocenters. The van der Waals surface area contributed by atoms with E-state index in [0.717, 1.165) is 6.42 Å². The van der Waals surface area contributed by atoms with Gasteiger partial charge < -0.3 is 16.0 Å². The Morgan fingerprint density at radius 2 is 1.50 bits per heavy atom. The van der Waals surface area contributed by atoms with E-state index in [1.807, 2.05) is 20.8 Å². The zero-order chi connectivity index (χ0) is 20.3. The topological polar surface area (TPSA) is 87.3 Å². The molecule has 0 radical (unpaired) electrons. The Labute approximate surface area is 164 Å². The van der Waals surface area contributed by atoms with Crippen molar-refractivity contribution in [2.75, 3.05) is 16.0 Å². The highest BCUT2D eigenvalue weighted by Crippen LogP contribution is 2.38. The highest BCUT2D eigenvalue weighted by molar-refractivity contribution is 6.05. The van der Waals surface area contributed by atoms with Crippen LogP contribution in [0.4, 0.5) is 17.1 Å². The molecule has 0 aliphatic heterocycles. The molecule has 0 aromatic heterocycles. The zero-order valence-corrected chi connectivity index (χ0v) is 16.3. The second kappa shape index (κ2) is 8.25. The largest absolute Gasteiger partial charge is 0.326 e. The molecule has 6 nitrogen and oxygen atoms in total. The predicted molar refractivity (Wildman–Crippen MR) is 110 cm³/mol. The molecule has 1 aliphatic carbocycles. The number of hydrogen-bond donors (Lipinski definition) is 3. The smallest absolute Gasteiger partial charge is 0.255 e. The van der Waals surface area contributed by atoms with Crippen molar-refractivity contribution in [1.29, 1.82) is 0 Å². The summed E-state index contributed by atoms with van der Waals surface area (Å²) in [5.41, 5.74) is 2.37. The van der Waals surface area contributed by atoms with Gasteiger partial charge in [-0.2, -0.15) is 0 Å². The van der Waals surface area contributed by atoms with Crippen molar-refractivity contribution in [2.45, 2.75) is 27.2 Å². The fourth-order valence-electron chi connectivity index (χ4n) is 2.79. The predicted octanol–water partition coefficient (Wildman–Crippen LogP) is 4.13. The van der Waals surface area contributed by atoms with E-state index in [1.165, 1.54) is 0 Å². The van der Waals surface area contributed by atoms with Crippen LogP contribution in [0.2, 0.25) is 0 Å². The van der Waals surface area contributed by atoms with Gasteiger partial charge in [-0.3, -0.25) is 14.4 Å². The molecule has 0 spiro atoms. The van der Waals surface area contributed by atoms with Gasteiger partial charge in [-0.25, -0.2) is 0 Å². The van der Waals surface area contributed by atoms with Crippen LogP contribution in [0.15, 0.2) is 48.5 Å². The fraction of sp³-hybridized carbons (Fsp3) is 0.318. The van der Waals surface area contributed by atoms with Crippen LogP contribution in [0.25, 0.3) is 0 Å². The molecule has 2 aromatic rings. The molecule has 28 heavy (non-hydrogen) atoms. The van der Waals surface area contributed by atoms with E-state index < -0.39 is 0 Å². The fourth-order valence-corrected chi connectivity index (χ4v) is 2.79. The van der Waals surface area contributed by atoms with E-state index in [2.05, 4.69) is 16.0 Å². The molecular weight excluding hydrogens is 354 g/mol. The third-order valence-electron chi connectivity index (χ3n) is 4.77. The molecule has 3 rings (SSSR count). The molecule has 1 aliphatic rings. The van der Waals surface area contributed by atoms with Gasteiger partial charge in [0.1, 0.15) is 0 Å². The van der Waals surface area contributed by atoms with Gasteiger partial charge in [0.25, 0.3) is 5.91 Å². The summed E-state index contributed by atoms with van der Waals surface area (Å²) in [7, 11) is 0. The number of benzene rings is 2. The monoisotopic (exact) mass is 379 g/mol. The molecule has 2 aromatic carbocycles. The van der Waals surface area contributed by atoms with E-state index in [0.29, 0.717) is 28.5 Å². The average Bonchev–Trinajstić information content (AvgIpc) is 3.40. The third-order valence-corrected chi connectivity index (χ3v) is 4.77. The number of nitrogens with one attached hydrogen (secondary N) is 3. The molecular formula is C22H25N3O3. The Balaban J connectivity index is 1.60. The van der Waals surface area contributed by atoms with Crippen molar-refractivity contribution in [2.24, 2.45) is 17.8 Å². The first-order chi connectivity index (χ1) is 13.3. The van der Waals surface area contributed by atoms with Gasteiger partial charge in [-0.1, -0.05) is 26.8 Å². The van der Waals surface area contributed by atoms with Crippen molar-refractivity contribution < 1.29 is 14.4 Å². The van der Waals surface area contributed by atoms with Crippen molar-refractivity contribution in [3.05, 3.63) is 54.1 Å². The maximum absolute atomic E-state index is 12.5. The Bertz CT molecular complexity index is 890. The Hall–Kier alpha value is -3.15. The lowest BCUT2D eigenvalue weighted by atomic mass is 10.1. The van der Waals surface area contributed by atoms with Crippen LogP contribution < -0.4 is 16.0 Å². The van der Waals surface area contributed by atoms with Crippen molar-refractivity contribution in [1.82, 2.24) is 0 Å². The first-order valence-corrected chi connectivity index (χ1v) is 9.46. The normalized spacial score (nSPS) is 17.7. The molecule has 3 amide bonds. The molecule has 2 unspecified atom stereocenters. The van der Waals surface area contributed by atoms with Crippen LogP contribution in [-0.4, -0.2) is 17.7 Å². The van der Waals surface area contributed by atoms with Gasteiger partial charge >= 0.3 is 0 Å². The molecule has 0 bridgehead atoms. The Morgan fingerprint density at radius 1 is 0.893 bits per heavy atom. The van der Waals surface area contributed by atoms with E-state index in [-0.39, 0.29) is 29.6 Å². The standard InChI is InChI=1S/C22H25N3O3/c1-13(2)20(26)23-16-7-9-17(10-8-16)24-21(27)15-5-4-6-18(12-15)25-22(28)19-11-14(19)3/h4-10,12-14,19H,11H2,1-3H3,(H,23,26)(H,24,27)(H,25,28). The lowest BCUT2D eigenvalue weighted by Gasteiger charge is -2.10. The Kier molecular flexibility index (Phi) is 5.78. The van der Waals surface area contributed by atoms with Crippen LogP contribution in [0.1, 0.15) is 37.6 Å². The number of rotatable bonds is 6. The molecule has 1 fully saturated rings. The Morgan fingerprint density at radius 3 is 2.07 bits per heavy atom. The van der Waals surface area contributed by atoms with Crippen LogP contribution >= 0.6 is 0 Å². The van der Waals surface area contributed by atoms with Crippen molar-refractivity contribution in [3.8, 4) is 0 Å². The third kappa shape index (κ3) is 4.97. The number of hydrogen-bond acceptors (Lipinski definition) is 3. The highest BCUT2D eigenvalue weighted by atomic mass is 16.2. The van der Waals surface area contributed by atoms with Gasteiger partial charge in [0.2, 0.25) is 11.8 Å². The summed E-state index contributed by atoms with van der Waals surface area (Å²) >= 11 is 0. The zero-order valence-electron chi connectivity index (χ0n) is 16.3. The summed E-state index contributed by atoms with van der Waals surface area (Å²) < 4.78 is 0. The number of carbonyl (C=O) groups excluding carboxylic acids is 3. The maximum Gasteiger partial charge on any atom is 0.255 e. The first-order valence-electron chi connectivity index (χ1n) is 9.46. The minimum absolute atomic E-state index is 0.00379. The van der Waals surface area contributed by atoms with Crippen molar-refractivity contribution >= 4 is 34.8 Å². The van der Waals surface area contributed by atoms with E-state index in [4.69, 9.17) is 0 Å². The second-order valence-electron chi connectivity index (χ2n) is 7.56. The highest BCUT2D eigenvalue weighted by Gasteiger charge is 2.39. The maximum atomic E-state index is 12.5. The van der Waals surface area contributed by atoms with Gasteiger partial charge in [-0.05, 0) is 54.8 Å². The molecule has 3 N–H and O–H groups in total. The first kappa shape index (κ1) is 19.6. The average molecular weight is 379 g/mol. The van der Waals surface area contributed by atoms with E-state index in [1.54, 1.807) is 48.5 Å². The molecule has 1 saturated carbocycles. The number of anilines is 3. The minimum atomic E-state index is -0.269. The number of carbonyl (C=O) groups is 3. The van der Waals surface area contributed by atoms with Crippen LogP contribution in [0, 0.1) is 17.8 Å². The lowest BCUT2D eigenvalue weighted by Crippen LogP contribution is -2.18. The summed E-state index contributed by atoms with van der Waals surface area (Å²) in [4.78, 5) is 36.3. The lowest BCUT2D eigenvalue weighted by molar-refractivity contribution is -0.119. The molecule has 6 heteroatoms. The van der Waals surface area contributed by atoms with E-state index in [9.17, 15) is 14.4 Å². The van der Waals surface area contributed by atoms with Crippen molar-refractivity contribution in [3.63, 3.8) is 0 Å². The summed E-state index contributed by atoms with van der Waals surface area (Å²) in [6.07, 6.45) is 0.916. The number of amides is 3. The second-order valence-corrected chi connectivity index (χ2v) is 7.56. The van der Waals surface area contributed by atoms with Crippen LogP contribution in [-0.2, 0) is 9.59 Å². The van der Waals surface area contributed by atoms with Gasteiger partial charge in [0, 0.05) is 34.5 Å². The molecule has 0 heterocycles. The quantitative estimate of drug-likeness (QED) is 0.705. The summed E-state index contributed by atoms with van der Waals surface area (Å²) in [5, 5.41) is 8.49. The van der Waals surface area contributed by atoms with Gasteiger partial charge in [-0.15, -0.1) is 0 Å². The van der Waals surface area contributed by atoms with Gasteiger partial charge in [0.15, 0.2) is 0 Å². The SMILES string of the molecule is CC(C)C(=O)Nc1ccc(NC(=O)c2cccc(NC(=O)C3CC3C)c2)cc1. The minimum Gasteiger partial charge on any atom is -0.326 e. The molecule has 0 saturated heterocycles. The van der Waals surface area contributed by atoms with Crippen LogP contribution in [0.3, 0.4) is 0 Å². The van der Waals surface area contributed by atoms with Crippen LogP contribution in [0.5, 0.6) is 0 Å². The summed E-state index contributed by atoms with van der Waals surface area (Å²) in [6, 6.07) is 13.8. The molecule has 146 valence electrons. The summed E-state index contributed by atoms with van der Waals surface area (Å²) in [5.74, 6) is 0.0809. The van der Waals surface area contributed by atoms with E-state index >= 15 is 0 Å². The van der Waals surface area contributed by atoms with Gasteiger partial charge in [0.05, 0.1) is 0 Å². The summed E-state index contributed by atoms with van der Waals surface area (Å²) in [6.45, 7) is 5.70.